The van der Waals surface area contributed by atoms with Crippen LogP contribution in [0, 0.1) is 11.3 Å². The Balaban J connectivity index is 3.74. The molecule has 0 fully saturated rings. The van der Waals surface area contributed by atoms with Gasteiger partial charge in [0.15, 0.2) is 0 Å². The zero-order valence-corrected chi connectivity index (χ0v) is 8.66. The van der Waals surface area contributed by atoms with Crippen LogP contribution in [0.2, 0.25) is 0 Å². The Labute approximate surface area is 78.7 Å². The summed E-state index contributed by atoms with van der Waals surface area (Å²) in [6.45, 7) is 8.29. The highest BCUT2D eigenvalue weighted by atomic mass is 17.5. The molecule has 0 rings (SSSR count). The van der Waals surface area contributed by atoms with Crippen molar-refractivity contribution in [3.63, 3.8) is 0 Å². The first-order valence-corrected chi connectivity index (χ1v) is 4.36. The topological polar surface area (TPSA) is 55.8 Å². The van der Waals surface area contributed by atoms with E-state index in [0.29, 0.717) is 0 Å². The third kappa shape index (κ3) is 7.74. The molecule has 0 aromatic heterocycles. The molecule has 0 bridgehead atoms. The lowest BCUT2D eigenvalue weighted by atomic mass is 9.84. The Morgan fingerprint density at radius 2 is 2.00 bits per heavy atom. The molecule has 13 heavy (non-hydrogen) atoms. The van der Waals surface area contributed by atoms with Gasteiger partial charge in [-0.25, -0.2) is 10.1 Å². The van der Waals surface area contributed by atoms with Crippen LogP contribution in [0.4, 0.5) is 0 Å². The molecule has 0 spiro atoms. The van der Waals surface area contributed by atoms with Crippen LogP contribution in [0.25, 0.3) is 0 Å². The van der Waals surface area contributed by atoms with Gasteiger partial charge in [0.05, 0.1) is 6.42 Å². The third-order valence-electron chi connectivity index (χ3n) is 1.61. The van der Waals surface area contributed by atoms with Crippen molar-refractivity contribution in [2.45, 2.75) is 40.5 Å². The highest BCUT2D eigenvalue weighted by molar-refractivity contribution is 5.68. The maximum Gasteiger partial charge on any atom is 0.345 e. The first kappa shape index (κ1) is 12.4. The van der Waals surface area contributed by atoms with E-state index in [1.54, 1.807) is 0 Å². The second kappa shape index (κ2) is 5.19. The Morgan fingerprint density at radius 3 is 2.38 bits per heavy atom. The van der Waals surface area contributed by atoms with Gasteiger partial charge >= 0.3 is 5.97 Å². The predicted octanol–water partition coefficient (Wildman–Crippen LogP) is 2.40. The third-order valence-corrected chi connectivity index (χ3v) is 1.61. The lowest BCUT2D eigenvalue weighted by molar-refractivity contribution is -0.462. The van der Waals surface area contributed by atoms with E-state index in [-0.39, 0.29) is 17.8 Å². The van der Waals surface area contributed by atoms with Gasteiger partial charge in [-0.2, -0.15) is 0 Å². The first-order valence-electron chi connectivity index (χ1n) is 4.36. The summed E-state index contributed by atoms with van der Waals surface area (Å²) in [7, 11) is 0. The largest absolute Gasteiger partial charge is 0.345 e. The smallest absolute Gasteiger partial charge is 0.269 e. The average molecular weight is 190 g/mol. The molecule has 78 valence electrons. The van der Waals surface area contributed by atoms with Crippen molar-refractivity contribution in [2.75, 3.05) is 0 Å². The molecule has 1 N–H and O–H groups in total. The normalized spacial score (nSPS) is 13.9. The Kier molecular flexibility index (Phi) is 4.95. The maximum absolute atomic E-state index is 10.8. The van der Waals surface area contributed by atoms with Gasteiger partial charge in [-0.05, 0) is 22.8 Å². The lowest BCUT2D eigenvalue weighted by Gasteiger charge is -2.22. The summed E-state index contributed by atoms with van der Waals surface area (Å²) in [6, 6.07) is 0. The maximum atomic E-state index is 10.8. The van der Waals surface area contributed by atoms with Gasteiger partial charge in [-0.3, -0.25) is 4.89 Å². The van der Waals surface area contributed by atoms with Crippen LogP contribution in [-0.2, 0) is 14.7 Å². The molecule has 0 aromatic carbocycles. The van der Waals surface area contributed by atoms with Gasteiger partial charge in [0.2, 0.25) is 0 Å². The SMILES string of the molecule is CC(CC(=O)OOO)CC(C)(C)C. The van der Waals surface area contributed by atoms with E-state index in [2.05, 4.69) is 30.7 Å². The van der Waals surface area contributed by atoms with Crippen LogP contribution in [0.3, 0.4) is 0 Å². The van der Waals surface area contributed by atoms with Crippen molar-refractivity contribution in [2.24, 2.45) is 11.3 Å². The van der Waals surface area contributed by atoms with Crippen LogP contribution in [-0.4, -0.2) is 11.2 Å². The molecule has 0 amide bonds. The predicted molar refractivity (Wildman–Crippen MR) is 47.7 cm³/mol. The highest BCUT2D eigenvalue weighted by Crippen LogP contribution is 2.25. The van der Waals surface area contributed by atoms with Gasteiger partial charge < -0.3 is 0 Å². The molecule has 0 saturated heterocycles. The van der Waals surface area contributed by atoms with E-state index >= 15 is 0 Å². The second-order valence-electron chi connectivity index (χ2n) is 4.60. The van der Waals surface area contributed by atoms with Crippen molar-refractivity contribution in [3.8, 4) is 0 Å². The van der Waals surface area contributed by atoms with Crippen LogP contribution in [0.5, 0.6) is 0 Å². The minimum Gasteiger partial charge on any atom is -0.269 e. The second-order valence-corrected chi connectivity index (χ2v) is 4.60. The highest BCUT2D eigenvalue weighted by Gasteiger charge is 2.18. The Hall–Kier alpha value is -0.610. The Morgan fingerprint density at radius 1 is 1.46 bits per heavy atom. The fourth-order valence-electron chi connectivity index (χ4n) is 1.48. The van der Waals surface area contributed by atoms with E-state index in [9.17, 15) is 4.79 Å². The fraction of sp³-hybridized carbons (Fsp3) is 0.889. The van der Waals surface area contributed by atoms with E-state index in [1.165, 1.54) is 0 Å². The summed E-state index contributed by atoms with van der Waals surface area (Å²) >= 11 is 0. The van der Waals surface area contributed by atoms with E-state index < -0.39 is 5.97 Å². The van der Waals surface area contributed by atoms with Crippen molar-refractivity contribution in [3.05, 3.63) is 0 Å². The monoisotopic (exact) mass is 190 g/mol. The number of hydrogen-bond acceptors (Lipinski definition) is 4. The molecular formula is C9H18O4. The van der Waals surface area contributed by atoms with Crippen molar-refractivity contribution >= 4 is 5.97 Å². The average Bonchev–Trinajstić information content (AvgIpc) is 1.81. The van der Waals surface area contributed by atoms with Gasteiger partial charge in [-0.15, -0.1) is 0 Å². The van der Waals surface area contributed by atoms with Crippen LogP contribution >= 0.6 is 0 Å². The standard InChI is InChI=1S/C9H18O4/c1-7(6-9(2,3)4)5-8(10)12-13-11/h7,11H,5-6H2,1-4H3. The van der Waals surface area contributed by atoms with E-state index in [1.807, 2.05) is 6.92 Å². The first-order chi connectivity index (χ1) is 5.85. The molecule has 0 aromatic rings. The zero-order chi connectivity index (χ0) is 10.5. The molecule has 1 unspecified atom stereocenters. The summed E-state index contributed by atoms with van der Waals surface area (Å²) in [5.41, 5.74) is 0.194. The van der Waals surface area contributed by atoms with Crippen LogP contribution in [0.15, 0.2) is 0 Å². The van der Waals surface area contributed by atoms with E-state index in [4.69, 9.17) is 5.26 Å². The summed E-state index contributed by atoms with van der Waals surface area (Å²) in [5, 5.41) is 11.1. The molecule has 1 atom stereocenters. The molecule has 0 aliphatic carbocycles. The molecule has 4 heteroatoms. The van der Waals surface area contributed by atoms with Crippen LogP contribution < -0.4 is 0 Å². The minimum absolute atomic E-state index is 0.194. The molecular weight excluding hydrogens is 172 g/mol. The molecule has 0 heterocycles. The van der Waals surface area contributed by atoms with Crippen LogP contribution in [0.1, 0.15) is 40.5 Å². The molecule has 0 aliphatic rings. The van der Waals surface area contributed by atoms with Gasteiger partial charge in [0.1, 0.15) is 0 Å². The molecule has 0 radical (unpaired) electrons. The van der Waals surface area contributed by atoms with Gasteiger partial charge in [0.25, 0.3) is 0 Å². The quantitative estimate of drug-likeness (QED) is 0.546. The van der Waals surface area contributed by atoms with Gasteiger partial charge in [-0.1, -0.05) is 27.7 Å². The molecule has 0 aliphatic heterocycles. The number of carbonyl (C=O) groups is 1. The molecule has 0 saturated carbocycles. The minimum atomic E-state index is -0.542. The molecule has 4 nitrogen and oxygen atoms in total. The summed E-state index contributed by atoms with van der Waals surface area (Å²) in [6.07, 6.45) is 1.19. The summed E-state index contributed by atoms with van der Waals surface area (Å²) in [4.78, 5) is 14.8. The lowest BCUT2D eigenvalue weighted by Crippen LogP contribution is -2.15. The number of hydrogen-bond donors (Lipinski definition) is 1. The summed E-state index contributed by atoms with van der Waals surface area (Å²) in [5.74, 6) is -0.318. The van der Waals surface area contributed by atoms with Crippen molar-refractivity contribution < 1.29 is 20.0 Å². The van der Waals surface area contributed by atoms with Crippen molar-refractivity contribution in [1.82, 2.24) is 0 Å². The Bertz CT molecular complexity index is 159. The zero-order valence-electron chi connectivity index (χ0n) is 8.66. The fourth-order valence-corrected chi connectivity index (χ4v) is 1.48. The number of rotatable bonds is 4. The van der Waals surface area contributed by atoms with Gasteiger partial charge in [0, 0.05) is 0 Å². The van der Waals surface area contributed by atoms with E-state index in [0.717, 1.165) is 6.42 Å². The van der Waals surface area contributed by atoms with Crippen molar-refractivity contribution in [1.29, 1.82) is 0 Å². The summed E-state index contributed by atoms with van der Waals surface area (Å²) < 4.78 is 0. The number of carbonyl (C=O) groups excluding carboxylic acids is 1.